The van der Waals surface area contributed by atoms with Crippen molar-refractivity contribution in [2.24, 2.45) is 0 Å². The summed E-state index contributed by atoms with van der Waals surface area (Å²) in [4.78, 5) is 24.1. The van der Waals surface area contributed by atoms with Crippen molar-refractivity contribution < 1.29 is 9.90 Å². The second kappa shape index (κ2) is 8.69. The summed E-state index contributed by atoms with van der Waals surface area (Å²) in [5.41, 5.74) is 2.69. The van der Waals surface area contributed by atoms with Gasteiger partial charge in [-0.15, -0.1) is 0 Å². The normalized spacial score (nSPS) is 10.9. The fraction of sp³-hybridized carbons (Fsp3) is 0.318. The van der Waals surface area contributed by atoms with E-state index >= 15 is 0 Å². The van der Waals surface area contributed by atoms with Crippen molar-refractivity contribution in [1.82, 2.24) is 14.3 Å². The van der Waals surface area contributed by atoms with Gasteiger partial charge in [0.1, 0.15) is 5.82 Å². The van der Waals surface area contributed by atoms with Crippen molar-refractivity contribution in [3.63, 3.8) is 0 Å². The zero-order valence-corrected chi connectivity index (χ0v) is 16.3. The molecule has 1 aromatic heterocycles. The molecule has 0 spiro atoms. The molecule has 0 aliphatic heterocycles. The topological polar surface area (TPSA) is 77.1 Å². The molecule has 3 aromatic rings. The number of carboxylic acid groups (broad SMARTS) is 1. The average molecular weight is 379 g/mol. The molecule has 0 amide bonds. The van der Waals surface area contributed by atoms with Gasteiger partial charge in [0, 0.05) is 13.0 Å². The maximum atomic E-state index is 12.7. The summed E-state index contributed by atoms with van der Waals surface area (Å²) in [5, 5.41) is 13.8. The van der Waals surface area contributed by atoms with E-state index in [0.717, 1.165) is 29.8 Å². The number of nitrogens with zero attached hydrogens (tertiary/aromatic N) is 3. The van der Waals surface area contributed by atoms with E-state index in [9.17, 15) is 14.7 Å². The zero-order chi connectivity index (χ0) is 20.1. The van der Waals surface area contributed by atoms with Gasteiger partial charge in [0.2, 0.25) is 0 Å². The summed E-state index contributed by atoms with van der Waals surface area (Å²) in [7, 11) is 0. The standard InChI is InChI=1S/C22H25N3O3/c1-3-5-14-25-22(28)24(20(4-2)23-25)15-16-10-12-17(13-11-16)18-8-6-7-9-19(18)21(26)27/h6-13H,3-5,14-15H2,1-2H3,(H,26,27). The van der Waals surface area contributed by atoms with E-state index in [1.165, 1.54) is 0 Å². The van der Waals surface area contributed by atoms with Crippen LogP contribution in [0.5, 0.6) is 0 Å². The van der Waals surface area contributed by atoms with Crippen molar-refractivity contribution in [2.45, 2.75) is 46.2 Å². The molecule has 0 saturated heterocycles. The van der Waals surface area contributed by atoms with Crippen molar-refractivity contribution >= 4 is 5.97 Å². The molecule has 6 nitrogen and oxygen atoms in total. The SMILES string of the molecule is CCCCn1nc(CC)n(Cc2ccc(-c3ccccc3C(=O)O)cc2)c1=O. The predicted octanol–water partition coefficient (Wildman–Crippen LogP) is 3.82. The van der Waals surface area contributed by atoms with Crippen LogP contribution in [0.4, 0.5) is 0 Å². The van der Waals surface area contributed by atoms with Crippen molar-refractivity contribution in [3.8, 4) is 11.1 Å². The minimum Gasteiger partial charge on any atom is -0.478 e. The Labute approximate surface area is 164 Å². The Balaban J connectivity index is 1.87. The lowest BCUT2D eigenvalue weighted by Crippen LogP contribution is -2.26. The van der Waals surface area contributed by atoms with Gasteiger partial charge < -0.3 is 5.11 Å². The monoisotopic (exact) mass is 379 g/mol. The first-order valence-electron chi connectivity index (χ1n) is 9.63. The van der Waals surface area contributed by atoms with Crippen LogP contribution in [0.15, 0.2) is 53.3 Å². The van der Waals surface area contributed by atoms with Gasteiger partial charge >= 0.3 is 11.7 Å². The smallest absolute Gasteiger partial charge is 0.346 e. The Kier molecular flexibility index (Phi) is 6.09. The third-order valence-corrected chi connectivity index (χ3v) is 4.80. The Morgan fingerprint density at radius 3 is 2.43 bits per heavy atom. The molecule has 0 fully saturated rings. The minimum absolute atomic E-state index is 0.0781. The number of hydrogen-bond acceptors (Lipinski definition) is 3. The molecule has 28 heavy (non-hydrogen) atoms. The molecule has 1 N–H and O–H groups in total. The predicted molar refractivity (Wildman–Crippen MR) is 109 cm³/mol. The molecule has 0 unspecified atom stereocenters. The summed E-state index contributed by atoms with van der Waals surface area (Å²) < 4.78 is 3.27. The molecule has 0 aliphatic rings. The number of hydrogen-bond donors (Lipinski definition) is 1. The summed E-state index contributed by atoms with van der Waals surface area (Å²) in [6, 6.07) is 14.6. The van der Waals surface area contributed by atoms with E-state index in [0.29, 0.717) is 25.1 Å². The van der Waals surface area contributed by atoms with Crippen LogP contribution in [0.3, 0.4) is 0 Å². The highest BCUT2D eigenvalue weighted by Gasteiger charge is 2.13. The quantitative estimate of drug-likeness (QED) is 0.645. The second-order valence-corrected chi connectivity index (χ2v) is 6.76. The molecular weight excluding hydrogens is 354 g/mol. The van der Waals surface area contributed by atoms with Crippen LogP contribution < -0.4 is 5.69 Å². The van der Waals surface area contributed by atoms with E-state index < -0.39 is 5.97 Å². The molecule has 1 heterocycles. The Hall–Kier alpha value is -3.15. The molecule has 0 bridgehead atoms. The van der Waals surface area contributed by atoms with Gasteiger partial charge in [0.25, 0.3) is 0 Å². The first kappa shape index (κ1) is 19.6. The lowest BCUT2D eigenvalue weighted by Gasteiger charge is -2.08. The summed E-state index contributed by atoms with van der Waals surface area (Å²) in [5.74, 6) is -0.167. The number of aromatic nitrogens is 3. The number of unbranched alkanes of at least 4 members (excludes halogenated alkanes) is 1. The Morgan fingerprint density at radius 2 is 1.79 bits per heavy atom. The first-order valence-corrected chi connectivity index (χ1v) is 9.63. The summed E-state index contributed by atoms with van der Waals surface area (Å²) in [6.07, 6.45) is 2.64. The number of rotatable bonds is 8. The fourth-order valence-electron chi connectivity index (χ4n) is 3.25. The van der Waals surface area contributed by atoms with Crippen LogP contribution in [-0.4, -0.2) is 25.4 Å². The maximum Gasteiger partial charge on any atom is 0.346 e. The first-order chi connectivity index (χ1) is 13.5. The van der Waals surface area contributed by atoms with Crippen LogP contribution in [0.25, 0.3) is 11.1 Å². The van der Waals surface area contributed by atoms with Gasteiger partial charge in [-0.05, 0) is 29.2 Å². The molecule has 6 heteroatoms. The number of benzene rings is 2. The third-order valence-electron chi connectivity index (χ3n) is 4.80. The molecule has 0 radical (unpaired) electrons. The van der Waals surface area contributed by atoms with Gasteiger partial charge in [-0.1, -0.05) is 62.7 Å². The molecule has 0 saturated carbocycles. The number of carbonyl (C=O) groups is 1. The van der Waals surface area contributed by atoms with Gasteiger partial charge in [-0.25, -0.2) is 14.3 Å². The van der Waals surface area contributed by atoms with E-state index in [1.54, 1.807) is 27.4 Å². The molecule has 0 atom stereocenters. The molecule has 2 aromatic carbocycles. The number of carboxylic acids is 1. The van der Waals surface area contributed by atoms with Crippen LogP contribution in [0.2, 0.25) is 0 Å². The highest BCUT2D eigenvalue weighted by atomic mass is 16.4. The Bertz CT molecular complexity index is 1020. The van der Waals surface area contributed by atoms with E-state index in [2.05, 4.69) is 12.0 Å². The maximum absolute atomic E-state index is 12.7. The minimum atomic E-state index is -0.946. The van der Waals surface area contributed by atoms with Crippen molar-refractivity contribution in [1.29, 1.82) is 0 Å². The van der Waals surface area contributed by atoms with Crippen molar-refractivity contribution in [3.05, 3.63) is 76.0 Å². The van der Waals surface area contributed by atoms with Crippen LogP contribution in [-0.2, 0) is 19.5 Å². The van der Waals surface area contributed by atoms with E-state index in [1.807, 2.05) is 37.3 Å². The van der Waals surface area contributed by atoms with Gasteiger partial charge in [0.05, 0.1) is 12.1 Å². The van der Waals surface area contributed by atoms with Crippen LogP contribution >= 0.6 is 0 Å². The van der Waals surface area contributed by atoms with E-state index in [4.69, 9.17) is 0 Å². The van der Waals surface area contributed by atoms with Crippen LogP contribution in [0.1, 0.15) is 48.4 Å². The second-order valence-electron chi connectivity index (χ2n) is 6.76. The lowest BCUT2D eigenvalue weighted by molar-refractivity contribution is 0.0697. The molecular formula is C22H25N3O3. The number of aromatic carboxylic acids is 1. The third kappa shape index (κ3) is 4.06. The molecule has 3 rings (SSSR count). The highest BCUT2D eigenvalue weighted by Crippen LogP contribution is 2.24. The van der Waals surface area contributed by atoms with Crippen LogP contribution in [0, 0.1) is 0 Å². The summed E-state index contributed by atoms with van der Waals surface area (Å²) >= 11 is 0. The highest BCUT2D eigenvalue weighted by molar-refractivity contribution is 5.95. The average Bonchev–Trinajstić information content (AvgIpc) is 3.02. The largest absolute Gasteiger partial charge is 0.478 e. The van der Waals surface area contributed by atoms with Crippen molar-refractivity contribution in [2.75, 3.05) is 0 Å². The Morgan fingerprint density at radius 1 is 1.07 bits per heavy atom. The van der Waals surface area contributed by atoms with E-state index in [-0.39, 0.29) is 11.3 Å². The molecule has 0 aliphatic carbocycles. The van der Waals surface area contributed by atoms with Gasteiger partial charge in [-0.3, -0.25) is 4.57 Å². The molecule has 146 valence electrons. The summed E-state index contributed by atoms with van der Waals surface area (Å²) in [6.45, 7) is 5.18. The zero-order valence-electron chi connectivity index (χ0n) is 16.3. The fourth-order valence-corrected chi connectivity index (χ4v) is 3.25. The number of aryl methyl sites for hydroxylation is 2. The van der Waals surface area contributed by atoms with Gasteiger partial charge in [-0.2, -0.15) is 5.10 Å². The lowest BCUT2D eigenvalue weighted by atomic mass is 9.99. The van der Waals surface area contributed by atoms with Gasteiger partial charge in [0.15, 0.2) is 0 Å².